The maximum absolute atomic E-state index is 6.41. The monoisotopic (exact) mass is 306 g/mol. The molecule has 0 radical (unpaired) electrons. The van der Waals surface area contributed by atoms with Crippen molar-refractivity contribution in [3.8, 4) is 5.75 Å². The average molecular weight is 307 g/mol. The molecule has 0 amide bonds. The van der Waals surface area contributed by atoms with Crippen molar-refractivity contribution >= 4 is 22.6 Å². The zero-order valence-electron chi connectivity index (χ0n) is 13.0. The van der Waals surface area contributed by atoms with E-state index >= 15 is 0 Å². The lowest BCUT2D eigenvalue weighted by Crippen LogP contribution is -2.19. The highest BCUT2D eigenvalue weighted by molar-refractivity contribution is 6.20. The van der Waals surface area contributed by atoms with E-state index in [9.17, 15) is 0 Å². The highest BCUT2D eigenvalue weighted by atomic mass is 35.5. The van der Waals surface area contributed by atoms with Crippen molar-refractivity contribution in [1.82, 2.24) is 9.55 Å². The second-order valence-electron chi connectivity index (χ2n) is 6.21. The molecule has 1 aliphatic rings. The lowest BCUT2D eigenvalue weighted by Gasteiger charge is -2.30. The minimum absolute atomic E-state index is 0.0978. The number of imidazole rings is 1. The minimum Gasteiger partial charge on any atom is -0.494 e. The average Bonchev–Trinajstić information content (AvgIpc) is 2.86. The Hall–Kier alpha value is -1.22. The van der Waals surface area contributed by atoms with E-state index in [1.807, 2.05) is 19.1 Å². The summed E-state index contributed by atoms with van der Waals surface area (Å²) in [5.41, 5.74) is 2.08. The number of halogens is 1. The Balaban J connectivity index is 2.16. The number of aromatic nitrogens is 2. The van der Waals surface area contributed by atoms with Gasteiger partial charge in [-0.15, -0.1) is 11.6 Å². The predicted molar refractivity (Wildman–Crippen MR) is 87.2 cm³/mol. The van der Waals surface area contributed by atoms with Crippen LogP contribution in [0.1, 0.15) is 56.8 Å². The van der Waals surface area contributed by atoms with Crippen LogP contribution in [0.25, 0.3) is 11.0 Å². The van der Waals surface area contributed by atoms with Gasteiger partial charge in [0.25, 0.3) is 0 Å². The van der Waals surface area contributed by atoms with Crippen molar-refractivity contribution < 1.29 is 4.74 Å². The molecule has 1 aromatic carbocycles. The van der Waals surface area contributed by atoms with Gasteiger partial charge in [-0.2, -0.15) is 0 Å². The van der Waals surface area contributed by atoms with Crippen LogP contribution in [0.3, 0.4) is 0 Å². The Bertz CT molecular complexity index is 635. The van der Waals surface area contributed by atoms with Crippen LogP contribution >= 0.6 is 11.6 Å². The van der Waals surface area contributed by atoms with E-state index in [1.165, 1.54) is 25.7 Å². The van der Waals surface area contributed by atoms with E-state index < -0.39 is 0 Å². The quantitative estimate of drug-likeness (QED) is 0.738. The molecule has 3 nitrogen and oxygen atoms in total. The van der Waals surface area contributed by atoms with Crippen molar-refractivity contribution in [3.05, 3.63) is 24.0 Å². The maximum Gasteiger partial charge on any atom is 0.146 e. The van der Waals surface area contributed by atoms with E-state index in [2.05, 4.69) is 17.6 Å². The van der Waals surface area contributed by atoms with Crippen LogP contribution in [0.15, 0.2) is 18.2 Å². The SMILES string of the molecule is COc1cccc2c1nc(C(C)Cl)n2C1CCCC(C)C1. The van der Waals surface area contributed by atoms with Crippen LogP contribution in [-0.4, -0.2) is 16.7 Å². The topological polar surface area (TPSA) is 27.1 Å². The lowest BCUT2D eigenvalue weighted by atomic mass is 9.86. The van der Waals surface area contributed by atoms with Gasteiger partial charge in [0.2, 0.25) is 0 Å². The molecule has 0 N–H and O–H groups in total. The van der Waals surface area contributed by atoms with Gasteiger partial charge in [-0.05, 0) is 37.8 Å². The summed E-state index contributed by atoms with van der Waals surface area (Å²) in [5, 5.41) is -0.0978. The fourth-order valence-electron chi connectivity index (χ4n) is 3.58. The number of alkyl halides is 1. The van der Waals surface area contributed by atoms with Crippen LogP contribution in [0, 0.1) is 5.92 Å². The number of methoxy groups -OCH3 is 1. The molecule has 3 rings (SSSR count). The summed E-state index contributed by atoms with van der Waals surface area (Å²) in [5.74, 6) is 2.56. The first-order chi connectivity index (χ1) is 10.1. The number of hydrogen-bond acceptors (Lipinski definition) is 2. The van der Waals surface area contributed by atoms with Crippen molar-refractivity contribution in [2.24, 2.45) is 5.92 Å². The first-order valence-electron chi connectivity index (χ1n) is 7.80. The minimum atomic E-state index is -0.0978. The van der Waals surface area contributed by atoms with Gasteiger partial charge in [-0.1, -0.05) is 25.8 Å². The number of benzene rings is 1. The van der Waals surface area contributed by atoms with E-state index in [-0.39, 0.29) is 5.38 Å². The third-order valence-corrected chi connectivity index (χ3v) is 4.76. The molecule has 114 valence electrons. The molecule has 0 aliphatic heterocycles. The fourth-order valence-corrected chi connectivity index (χ4v) is 3.73. The highest BCUT2D eigenvalue weighted by Crippen LogP contribution is 2.39. The molecule has 3 atom stereocenters. The summed E-state index contributed by atoms with van der Waals surface area (Å²) in [4.78, 5) is 4.79. The number of rotatable bonds is 3. The Labute approximate surface area is 131 Å². The first kappa shape index (κ1) is 14.7. The fraction of sp³-hybridized carbons (Fsp3) is 0.588. The largest absolute Gasteiger partial charge is 0.494 e. The molecule has 2 aromatic rings. The first-order valence-corrected chi connectivity index (χ1v) is 8.24. The Morgan fingerprint density at radius 2 is 2.19 bits per heavy atom. The third-order valence-electron chi connectivity index (χ3n) is 4.56. The summed E-state index contributed by atoms with van der Waals surface area (Å²) in [6.07, 6.45) is 5.03. The van der Waals surface area contributed by atoms with Crippen molar-refractivity contribution in [1.29, 1.82) is 0 Å². The summed E-state index contributed by atoms with van der Waals surface area (Å²) in [6.45, 7) is 4.34. The number of fused-ring (bicyclic) bond motifs is 1. The van der Waals surface area contributed by atoms with Gasteiger partial charge in [0.05, 0.1) is 18.0 Å². The number of hydrogen-bond donors (Lipinski definition) is 0. The molecule has 21 heavy (non-hydrogen) atoms. The van der Waals surface area contributed by atoms with Crippen molar-refractivity contribution in [3.63, 3.8) is 0 Å². The third kappa shape index (κ3) is 2.64. The van der Waals surface area contributed by atoms with Gasteiger partial charge in [0.1, 0.15) is 17.1 Å². The number of ether oxygens (including phenoxy) is 1. The van der Waals surface area contributed by atoms with Gasteiger partial charge < -0.3 is 9.30 Å². The van der Waals surface area contributed by atoms with Crippen LogP contribution in [0.5, 0.6) is 5.75 Å². The van der Waals surface area contributed by atoms with E-state index in [0.717, 1.165) is 28.5 Å². The van der Waals surface area contributed by atoms with Crippen molar-refractivity contribution in [2.45, 2.75) is 50.9 Å². The van der Waals surface area contributed by atoms with Gasteiger partial charge >= 0.3 is 0 Å². The molecular weight excluding hydrogens is 284 g/mol. The normalized spacial score (nSPS) is 24.2. The predicted octanol–water partition coefficient (Wildman–Crippen LogP) is 5.10. The van der Waals surface area contributed by atoms with Gasteiger partial charge in [0, 0.05) is 6.04 Å². The molecule has 1 aliphatic carbocycles. The standard InChI is InChI=1S/C17H23ClN2O/c1-11-6-4-7-13(10-11)20-14-8-5-9-15(21-3)16(14)19-17(20)12(2)18/h5,8-9,11-13H,4,6-7,10H2,1-3H3. The molecular formula is C17H23ClN2O. The molecule has 1 saturated carbocycles. The second-order valence-corrected chi connectivity index (χ2v) is 6.86. The molecule has 0 saturated heterocycles. The Morgan fingerprint density at radius 3 is 2.86 bits per heavy atom. The van der Waals surface area contributed by atoms with Crippen molar-refractivity contribution in [2.75, 3.05) is 7.11 Å². The summed E-state index contributed by atoms with van der Waals surface area (Å²) in [6, 6.07) is 6.63. The summed E-state index contributed by atoms with van der Waals surface area (Å²) >= 11 is 6.41. The zero-order valence-corrected chi connectivity index (χ0v) is 13.7. The van der Waals surface area contributed by atoms with Gasteiger partial charge in [0.15, 0.2) is 0 Å². The van der Waals surface area contributed by atoms with Crippen LogP contribution in [0.2, 0.25) is 0 Å². The van der Waals surface area contributed by atoms with E-state index in [4.69, 9.17) is 21.3 Å². The summed E-state index contributed by atoms with van der Waals surface area (Å²) < 4.78 is 7.83. The number of nitrogens with zero attached hydrogens (tertiary/aromatic N) is 2. The molecule has 1 heterocycles. The van der Waals surface area contributed by atoms with Crippen LogP contribution in [-0.2, 0) is 0 Å². The smallest absolute Gasteiger partial charge is 0.146 e. The molecule has 0 bridgehead atoms. The van der Waals surface area contributed by atoms with Crippen LogP contribution < -0.4 is 4.74 Å². The van der Waals surface area contributed by atoms with E-state index in [1.54, 1.807) is 7.11 Å². The number of para-hydroxylation sites is 1. The lowest BCUT2D eigenvalue weighted by molar-refractivity contribution is 0.282. The van der Waals surface area contributed by atoms with E-state index in [0.29, 0.717) is 6.04 Å². The highest BCUT2D eigenvalue weighted by Gasteiger charge is 2.26. The van der Waals surface area contributed by atoms with Gasteiger partial charge in [-0.3, -0.25) is 0 Å². The zero-order chi connectivity index (χ0) is 15.0. The molecule has 0 spiro atoms. The Kier molecular flexibility index (Phi) is 4.12. The molecule has 1 fully saturated rings. The second kappa shape index (κ2) is 5.88. The summed E-state index contributed by atoms with van der Waals surface area (Å²) in [7, 11) is 1.69. The Morgan fingerprint density at radius 1 is 1.38 bits per heavy atom. The molecule has 3 unspecified atom stereocenters. The molecule has 4 heteroatoms. The molecule has 1 aromatic heterocycles. The van der Waals surface area contributed by atoms with Gasteiger partial charge in [-0.25, -0.2) is 4.98 Å². The maximum atomic E-state index is 6.41. The van der Waals surface area contributed by atoms with Crippen LogP contribution in [0.4, 0.5) is 0 Å².